The van der Waals surface area contributed by atoms with Gasteiger partial charge < -0.3 is 15.3 Å². The fraction of sp³-hybridized carbons (Fsp3) is 0.217. The summed E-state index contributed by atoms with van der Waals surface area (Å²) in [7, 11) is 0. The average Bonchev–Trinajstić information content (AvgIpc) is 2.57. The maximum Gasteiger partial charge on any atom is 0.122 e. The Hall–Kier alpha value is -2.94. The van der Waals surface area contributed by atoms with Crippen molar-refractivity contribution in [3.63, 3.8) is 0 Å². The van der Waals surface area contributed by atoms with Gasteiger partial charge >= 0.3 is 0 Å². The predicted molar refractivity (Wildman–Crippen MR) is 104 cm³/mol. The summed E-state index contributed by atoms with van der Waals surface area (Å²) in [5.74, 6) is 0.850. The van der Waals surface area contributed by atoms with E-state index in [1.54, 1.807) is 24.3 Å². The summed E-state index contributed by atoms with van der Waals surface area (Å²) in [6.07, 6.45) is 1.36. The fourth-order valence-electron chi connectivity index (χ4n) is 3.35. The largest absolute Gasteiger partial charge is 0.508 e. The van der Waals surface area contributed by atoms with Crippen molar-refractivity contribution >= 4 is 0 Å². The van der Waals surface area contributed by atoms with Gasteiger partial charge in [0.15, 0.2) is 0 Å². The first-order valence-corrected chi connectivity index (χ1v) is 8.72. The van der Waals surface area contributed by atoms with Gasteiger partial charge in [0.2, 0.25) is 0 Å². The second-order valence-corrected chi connectivity index (χ2v) is 7.00. The summed E-state index contributed by atoms with van der Waals surface area (Å²) in [6, 6.07) is 14.8. The van der Waals surface area contributed by atoms with E-state index in [1.165, 1.54) is 0 Å². The van der Waals surface area contributed by atoms with Gasteiger partial charge in [0.05, 0.1) is 0 Å². The number of aryl methyl sites for hydroxylation is 3. The van der Waals surface area contributed by atoms with Gasteiger partial charge in [0.1, 0.15) is 17.2 Å². The zero-order chi connectivity index (χ0) is 18.8. The molecular weight excluding hydrogens is 324 g/mol. The Labute approximate surface area is 154 Å². The van der Waals surface area contributed by atoms with Gasteiger partial charge in [0.25, 0.3) is 0 Å². The van der Waals surface area contributed by atoms with Crippen molar-refractivity contribution in [1.29, 1.82) is 0 Å². The standard InChI is InChI=1S/C23H24O3/c1-14-9-21(24)6-4-18(14)11-17-8-16(3)23(26)20(12-17)13-19-5-7-22(25)10-15(19)2/h4-10,12,24-26H,11,13H2,1-3H3. The van der Waals surface area contributed by atoms with E-state index in [0.717, 1.165) is 45.4 Å². The first-order valence-electron chi connectivity index (χ1n) is 8.72. The van der Waals surface area contributed by atoms with Crippen LogP contribution in [-0.2, 0) is 12.8 Å². The molecule has 0 spiro atoms. The molecule has 3 heteroatoms. The summed E-state index contributed by atoms with van der Waals surface area (Å²) in [4.78, 5) is 0. The van der Waals surface area contributed by atoms with Crippen LogP contribution in [0.15, 0.2) is 48.5 Å². The van der Waals surface area contributed by atoms with Crippen LogP contribution in [0.25, 0.3) is 0 Å². The van der Waals surface area contributed by atoms with Crippen LogP contribution in [0.4, 0.5) is 0 Å². The molecule has 0 fully saturated rings. The van der Waals surface area contributed by atoms with E-state index < -0.39 is 0 Å². The maximum absolute atomic E-state index is 10.5. The minimum absolute atomic E-state index is 0.253. The third-order valence-corrected chi connectivity index (χ3v) is 4.87. The molecule has 0 saturated carbocycles. The highest BCUT2D eigenvalue weighted by Crippen LogP contribution is 2.29. The van der Waals surface area contributed by atoms with E-state index in [2.05, 4.69) is 0 Å². The molecule has 0 aliphatic rings. The first kappa shape index (κ1) is 17.9. The lowest BCUT2D eigenvalue weighted by atomic mass is 9.93. The Balaban J connectivity index is 1.94. The molecule has 0 bridgehead atoms. The van der Waals surface area contributed by atoms with Crippen molar-refractivity contribution < 1.29 is 15.3 Å². The van der Waals surface area contributed by atoms with Crippen molar-refractivity contribution in [2.24, 2.45) is 0 Å². The fourth-order valence-corrected chi connectivity index (χ4v) is 3.35. The zero-order valence-corrected chi connectivity index (χ0v) is 15.4. The average molecular weight is 348 g/mol. The number of hydrogen-bond acceptors (Lipinski definition) is 3. The van der Waals surface area contributed by atoms with E-state index >= 15 is 0 Å². The number of phenolic OH excluding ortho intramolecular Hbond substituents is 3. The molecule has 0 unspecified atom stereocenters. The molecule has 0 atom stereocenters. The molecule has 0 amide bonds. The van der Waals surface area contributed by atoms with Gasteiger partial charge in [-0.25, -0.2) is 0 Å². The molecule has 3 aromatic rings. The Kier molecular flexibility index (Phi) is 4.90. The van der Waals surface area contributed by atoms with Gasteiger partial charge in [-0.05, 0) is 90.4 Å². The summed E-state index contributed by atoms with van der Waals surface area (Å²) in [6.45, 7) is 5.86. The second kappa shape index (κ2) is 7.12. The smallest absolute Gasteiger partial charge is 0.122 e. The molecular formula is C23H24O3. The third kappa shape index (κ3) is 3.83. The Morgan fingerprint density at radius 2 is 1.12 bits per heavy atom. The van der Waals surface area contributed by atoms with Gasteiger partial charge in [-0.3, -0.25) is 0 Å². The van der Waals surface area contributed by atoms with Crippen molar-refractivity contribution in [3.8, 4) is 17.2 Å². The Morgan fingerprint density at radius 3 is 1.65 bits per heavy atom. The first-order chi connectivity index (χ1) is 12.3. The normalized spacial score (nSPS) is 10.9. The quantitative estimate of drug-likeness (QED) is 0.628. The number of rotatable bonds is 4. The molecule has 0 aliphatic heterocycles. The molecule has 26 heavy (non-hydrogen) atoms. The predicted octanol–water partition coefficient (Wildman–Crippen LogP) is 4.91. The number of aromatic hydroxyl groups is 3. The van der Waals surface area contributed by atoms with Crippen LogP contribution in [0.3, 0.4) is 0 Å². The minimum atomic E-state index is 0.253. The molecule has 134 valence electrons. The van der Waals surface area contributed by atoms with Crippen LogP contribution in [0.2, 0.25) is 0 Å². The number of phenols is 3. The van der Waals surface area contributed by atoms with Crippen molar-refractivity contribution in [3.05, 3.63) is 87.5 Å². The van der Waals surface area contributed by atoms with Gasteiger partial charge in [-0.1, -0.05) is 24.3 Å². The molecule has 3 rings (SSSR count). The molecule has 0 aliphatic carbocycles. The van der Waals surface area contributed by atoms with Gasteiger partial charge in [0, 0.05) is 6.42 Å². The highest BCUT2D eigenvalue weighted by Gasteiger charge is 2.11. The molecule has 0 aromatic heterocycles. The second-order valence-electron chi connectivity index (χ2n) is 7.00. The van der Waals surface area contributed by atoms with Crippen LogP contribution >= 0.6 is 0 Å². The van der Waals surface area contributed by atoms with Gasteiger partial charge in [-0.2, -0.15) is 0 Å². The zero-order valence-electron chi connectivity index (χ0n) is 15.4. The molecule has 3 N–H and O–H groups in total. The van der Waals surface area contributed by atoms with Crippen molar-refractivity contribution in [2.45, 2.75) is 33.6 Å². The van der Waals surface area contributed by atoms with E-state index in [-0.39, 0.29) is 11.5 Å². The Bertz CT molecular complexity index is 958. The van der Waals surface area contributed by atoms with E-state index in [1.807, 2.05) is 45.0 Å². The topological polar surface area (TPSA) is 60.7 Å². The van der Waals surface area contributed by atoms with Crippen molar-refractivity contribution in [1.82, 2.24) is 0 Å². The van der Waals surface area contributed by atoms with Crippen LogP contribution < -0.4 is 0 Å². The molecule has 0 radical (unpaired) electrons. The molecule has 0 saturated heterocycles. The summed E-state index contributed by atoms with van der Waals surface area (Å²) >= 11 is 0. The van der Waals surface area contributed by atoms with Crippen LogP contribution in [0.1, 0.15) is 38.9 Å². The number of hydrogen-bond donors (Lipinski definition) is 3. The Morgan fingerprint density at radius 1 is 0.577 bits per heavy atom. The minimum Gasteiger partial charge on any atom is -0.508 e. The monoisotopic (exact) mass is 348 g/mol. The SMILES string of the molecule is Cc1cc(O)ccc1Cc1cc(C)c(O)c(Cc2ccc(O)cc2C)c1. The summed E-state index contributed by atoms with van der Waals surface area (Å²) < 4.78 is 0. The molecule has 0 heterocycles. The van der Waals surface area contributed by atoms with Crippen LogP contribution in [0.5, 0.6) is 17.2 Å². The highest BCUT2D eigenvalue weighted by molar-refractivity contribution is 5.48. The lowest BCUT2D eigenvalue weighted by molar-refractivity contribution is 0.465. The lowest BCUT2D eigenvalue weighted by Crippen LogP contribution is -1.98. The van der Waals surface area contributed by atoms with E-state index in [0.29, 0.717) is 12.2 Å². The van der Waals surface area contributed by atoms with Crippen molar-refractivity contribution in [2.75, 3.05) is 0 Å². The van der Waals surface area contributed by atoms with E-state index in [4.69, 9.17) is 0 Å². The van der Waals surface area contributed by atoms with E-state index in [9.17, 15) is 15.3 Å². The number of benzene rings is 3. The molecule has 3 aromatic carbocycles. The van der Waals surface area contributed by atoms with Crippen LogP contribution in [-0.4, -0.2) is 15.3 Å². The van der Waals surface area contributed by atoms with Gasteiger partial charge in [-0.15, -0.1) is 0 Å². The molecule has 3 nitrogen and oxygen atoms in total. The summed E-state index contributed by atoms with van der Waals surface area (Å²) in [5, 5.41) is 29.7. The highest BCUT2D eigenvalue weighted by atomic mass is 16.3. The third-order valence-electron chi connectivity index (χ3n) is 4.87. The van der Waals surface area contributed by atoms with Crippen LogP contribution in [0, 0.1) is 20.8 Å². The lowest BCUT2D eigenvalue weighted by Gasteiger charge is -2.14. The summed E-state index contributed by atoms with van der Waals surface area (Å²) in [5.41, 5.74) is 7.14. The maximum atomic E-state index is 10.5.